The van der Waals surface area contributed by atoms with Crippen LogP contribution in [-0.4, -0.2) is 44.6 Å². The summed E-state index contributed by atoms with van der Waals surface area (Å²) in [4.78, 5) is 16.4. The molecular weight excluding hydrogens is 314 g/mol. The maximum Gasteiger partial charge on any atom is 0.357 e. The van der Waals surface area contributed by atoms with Crippen LogP contribution in [0.2, 0.25) is 0 Å². The zero-order valence-electron chi connectivity index (χ0n) is 14.5. The zero-order chi connectivity index (χ0) is 17.9. The molecule has 0 bridgehead atoms. The van der Waals surface area contributed by atoms with Crippen molar-refractivity contribution >= 4 is 0 Å². The summed E-state index contributed by atoms with van der Waals surface area (Å²) in [5.41, 5.74) is 8.34. The van der Waals surface area contributed by atoms with Gasteiger partial charge in [0.1, 0.15) is 17.7 Å². The van der Waals surface area contributed by atoms with Crippen LogP contribution < -0.4 is 15.8 Å². The second-order valence-corrected chi connectivity index (χ2v) is 5.35. The summed E-state index contributed by atoms with van der Waals surface area (Å²) in [5, 5.41) is 21.8. The van der Waals surface area contributed by atoms with Crippen LogP contribution in [0, 0.1) is 11.8 Å². The van der Waals surface area contributed by atoms with Crippen molar-refractivity contribution in [1.29, 1.82) is 0 Å². The van der Waals surface area contributed by atoms with Crippen molar-refractivity contribution in [3.05, 3.63) is 28.4 Å². The summed E-state index contributed by atoms with van der Waals surface area (Å²) >= 11 is 0. The molecule has 0 fully saturated rings. The monoisotopic (exact) mass is 341 g/mol. The van der Waals surface area contributed by atoms with Gasteiger partial charge in [-0.2, -0.15) is 0 Å². The van der Waals surface area contributed by atoms with Gasteiger partial charge in [0.2, 0.25) is 5.82 Å². The number of unbranched alkanes of at least 4 members (excludes halogenated alkanes) is 1. The number of nitrogens with two attached hydrogens (primary N) is 1. The molecule has 0 amide bonds. The van der Waals surface area contributed by atoms with Crippen molar-refractivity contribution in [3.63, 3.8) is 0 Å². The molecule has 0 saturated heterocycles. The predicted octanol–water partition coefficient (Wildman–Crippen LogP) is -0.278. The smallest absolute Gasteiger partial charge is 0.357 e. The molecule has 1 rings (SSSR count). The normalized spacial score (nSPS) is 12.8. The lowest BCUT2D eigenvalue weighted by atomic mass is 10.1. The van der Waals surface area contributed by atoms with Crippen LogP contribution in [-0.2, 0) is 18.3 Å². The van der Waals surface area contributed by atoms with Crippen molar-refractivity contribution in [2.45, 2.75) is 45.6 Å². The fourth-order valence-corrected chi connectivity index (χ4v) is 1.85. The van der Waals surface area contributed by atoms with Gasteiger partial charge in [0.05, 0.1) is 24.1 Å². The number of hydrogen-bond acceptors (Lipinski definition) is 7. The van der Waals surface area contributed by atoms with E-state index in [9.17, 15) is 10.0 Å². The maximum atomic E-state index is 11.5. The number of aromatic nitrogens is 4. The highest BCUT2D eigenvalue weighted by Crippen LogP contribution is 2.04. The van der Waals surface area contributed by atoms with E-state index in [1.807, 2.05) is 0 Å². The van der Waals surface area contributed by atoms with E-state index in [4.69, 9.17) is 10.6 Å². The molecule has 4 N–H and O–H groups in total. The van der Waals surface area contributed by atoms with Gasteiger partial charge in [-0.3, -0.25) is 0 Å². The number of aliphatic hydroxyl groups is 1. The van der Waals surface area contributed by atoms with Gasteiger partial charge in [0.25, 0.3) is 0 Å². The van der Waals surface area contributed by atoms with E-state index in [0.717, 1.165) is 12.8 Å². The third-order valence-electron chi connectivity index (χ3n) is 3.44. The fraction of sp³-hybridized carbons (Fsp3) is 0.714. The van der Waals surface area contributed by atoms with Crippen molar-refractivity contribution < 1.29 is 19.7 Å². The molecule has 0 aliphatic heterocycles. The van der Waals surface area contributed by atoms with Gasteiger partial charge in [-0.25, -0.2) is 4.84 Å². The average Bonchev–Trinajstić information content (AvgIpc) is 2.56. The number of nitrogens with one attached hydrogen (secondary N) is 1. The van der Waals surface area contributed by atoms with Crippen molar-refractivity contribution in [2.75, 3.05) is 13.2 Å². The van der Waals surface area contributed by atoms with E-state index < -0.39 is 0 Å². The van der Waals surface area contributed by atoms with Crippen molar-refractivity contribution in [1.82, 2.24) is 20.7 Å². The average molecular weight is 341 g/mol. The van der Waals surface area contributed by atoms with Crippen molar-refractivity contribution in [3.8, 4) is 0 Å². The van der Waals surface area contributed by atoms with Crippen LogP contribution in [0.3, 0.4) is 0 Å². The first-order valence-electron chi connectivity index (χ1n) is 7.95. The molecule has 0 aromatic carbocycles. The third kappa shape index (κ3) is 7.27. The SMILES string of the molecule is CC=C(O)C(N)CCCCN[N+](=O)OCCc1nnc(C)[n+](C)n1. The van der Waals surface area contributed by atoms with E-state index in [2.05, 4.69) is 20.7 Å². The number of aliphatic hydroxyl groups excluding tert-OH is 1. The van der Waals surface area contributed by atoms with Crippen molar-refractivity contribution in [2.24, 2.45) is 12.8 Å². The Kier molecular flexibility index (Phi) is 8.55. The van der Waals surface area contributed by atoms with E-state index >= 15 is 0 Å². The molecule has 0 aliphatic carbocycles. The summed E-state index contributed by atoms with van der Waals surface area (Å²) in [7, 11) is 1.78. The summed E-state index contributed by atoms with van der Waals surface area (Å²) in [6.07, 6.45) is 4.17. The Bertz CT molecular complexity index is 565. The first-order valence-corrected chi connectivity index (χ1v) is 7.95. The Hall–Kier alpha value is -2.36. The molecule has 1 unspecified atom stereocenters. The molecule has 0 aliphatic rings. The van der Waals surface area contributed by atoms with Gasteiger partial charge in [-0.15, -0.1) is 10.1 Å². The highest BCUT2D eigenvalue weighted by molar-refractivity contribution is 4.97. The predicted molar refractivity (Wildman–Crippen MR) is 85.2 cm³/mol. The minimum absolute atomic E-state index is 0.154. The topological polar surface area (TPSA) is 130 Å². The molecule has 24 heavy (non-hydrogen) atoms. The van der Waals surface area contributed by atoms with Crippen LogP contribution in [0.1, 0.15) is 37.8 Å². The Balaban J connectivity index is 2.11. The second kappa shape index (κ2) is 10.4. The Morgan fingerprint density at radius 1 is 1.50 bits per heavy atom. The molecule has 0 radical (unpaired) electrons. The molecule has 1 aromatic rings. The highest BCUT2D eigenvalue weighted by atomic mass is 16.8. The maximum absolute atomic E-state index is 11.5. The second-order valence-electron chi connectivity index (χ2n) is 5.35. The molecular formula is C14H27N7O3+2. The lowest BCUT2D eigenvalue weighted by Crippen LogP contribution is -2.39. The van der Waals surface area contributed by atoms with Crippen LogP contribution in [0.5, 0.6) is 0 Å². The largest absolute Gasteiger partial charge is 0.511 e. The fourth-order valence-electron chi connectivity index (χ4n) is 1.85. The molecule has 10 heteroatoms. The van der Waals surface area contributed by atoms with Gasteiger partial charge in [0, 0.05) is 6.92 Å². The third-order valence-corrected chi connectivity index (χ3v) is 3.44. The number of allylic oxidation sites excluding steroid dienone is 1. The molecule has 0 saturated carbocycles. The number of rotatable bonds is 11. The lowest BCUT2D eigenvalue weighted by molar-refractivity contribution is -0.843. The quantitative estimate of drug-likeness (QED) is 0.217. The molecule has 0 spiro atoms. The van der Waals surface area contributed by atoms with Crippen LogP contribution in [0.15, 0.2) is 11.8 Å². The molecule has 1 heterocycles. The Morgan fingerprint density at radius 2 is 2.25 bits per heavy atom. The van der Waals surface area contributed by atoms with Crippen LogP contribution in [0.4, 0.5) is 0 Å². The molecule has 1 aromatic heterocycles. The number of hydrazine groups is 1. The van der Waals surface area contributed by atoms with E-state index in [-0.39, 0.29) is 18.4 Å². The minimum atomic E-state index is -0.348. The van der Waals surface area contributed by atoms with Gasteiger partial charge in [-0.1, -0.05) is 5.10 Å². The Labute approximate surface area is 141 Å². The summed E-state index contributed by atoms with van der Waals surface area (Å²) < 4.78 is 1.62. The van der Waals surface area contributed by atoms with Gasteiger partial charge < -0.3 is 10.8 Å². The highest BCUT2D eigenvalue weighted by Gasteiger charge is 2.13. The first-order chi connectivity index (χ1) is 11.4. The summed E-state index contributed by atoms with van der Waals surface area (Å²) in [6, 6.07) is -0.348. The number of hydrogen-bond donors (Lipinski definition) is 3. The lowest BCUT2D eigenvalue weighted by Gasteiger charge is -2.09. The van der Waals surface area contributed by atoms with E-state index in [1.165, 1.54) is 0 Å². The van der Waals surface area contributed by atoms with Crippen LogP contribution >= 0.6 is 0 Å². The van der Waals surface area contributed by atoms with Gasteiger partial charge in [-0.05, 0) is 37.4 Å². The molecule has 1 atom stereocenters. The summed E-state index contributed by atoms with van der Waals surface area (Å²) in [6.45, 7) is 4.16. The van der Waals surface area contributed by atoms with Gasteiger partial charge >= 0.3 is 10.9 Å². The Morgan fingerprint density at radius 3 is 2.92 bits per heavy atom. The molecule has 134 valence electrons. The standard InChI is InChI=1S/C14H26N7O3/c1-4-13(22)12(15)7-5-6-9-16-21(23)24-10-8-14-18-17-11(2)20(3)19-14/h4,12H,5-10,15H2,1-3H3,(H-,16,22,23)/q+1/p+1. The van der Waals surface area contributed by atoms with E-state index in [0.29, 0.717) is 36.1 Å². The van der Waals surface area contributed by atoms with Crippen LogP contribution in [0.25, 0.3) is 0 Å². The number of aryl methyl sites for hydroxylation is 2. The number of nitrogens with zero attached hydrogens (tertiary/aromatic N) is 5. The molecule has 10 nitrogen and oxygen atoms in total. The van der Waals surface area contributed by atoms with E-state index in [1.54, 1.807) is 31.7 Å². The zero-order valence-corrected chi connectivity index (χ0v) is 14.5. The van der Waals surface area contributed by atoms with Gasteiger partial charge in [0.15, 0.2) is 6.61 Å². The summed E-state index contributed by atoms with van der Waals surface area (Å²) in [5.74, 6) is 1.40. The minimum Gasteiger partial charge on any atom is -0.511 e. The first kappa shape index (κ1) is 19.7.